The minimum atomic E-state index is -0.757. The molecule has 0 bridgehead atoms. The first-order valence-corrected chi connectivity index (χ1v) is 23.6. The van der Waals surface area contributed by atoms with Gasteiger partial charge in [-0.1, -0.05) is 90.1 Å². The number of hydrogen-bond donors (Lipinski definition) is 4. The number of alkyl carbamates (subject to hydrolysis) is 1. The van der Waals surface area contributed by atoms with Crippen molar-refractivity contribution in [3.63, 3.8) is 0 Å². The Morgan fingerprint density at radius 3 is 1.57 bits per heavy atom. The van der Waals surface area contributed by atoms with Crippen LogP contribution in [0.15, 0.2) is 85.2 Å². The number of hydrogen-bond acceptors (Lipinski definition) is 9. The van der Waals surface area contributed by atoms with Gasteiger partial charge in [0.25, 0.3) is 0 Å². The van der Waals surface area contributed by atoms with Crippen LogP contribution in [0.4, 0.5) is 14.9 Å². The van der Waals surface area contributed by atoms with Crippen molar-refractivity contribution in [1.82, 2.24) is 40.4 Å². The van der Waals surface area contributed by atoms with Crippen LogP contribution in [0.1, 0.15) is 127 Å². The maximum atomic E-state index is 14.3. The number of aromatic amines is 2. The maximum Gasteiger partial charge on any atom is 0.407 e. The van der Waals surface area contributed by atoms with E-state index in [2.05, 4.69) is 94.8 Å². The van der Waals surface area contributed by atoms with Gasteiger partial charge < -0.3 is 39.5 Å². The molecule has 3 amide bonds. The van der Waals surface area contributed by atoms with Gasteiger partial charge >= 0.3 is 6.09 Å². The van der Waals surface area contributed by atoms with Gasteiger partial charge in [0.2, 0.25) is 11.8 Å². The first kappa shape index (κ1) is 47.4. The van der Waals surface area contributed by atoms with Crippen LogP contribution >= 0.6 is 0 Å². The molecule has 356 valence electrons. The predicted molar refractivity (Wildman–Crippen MR) is 256 cm³/mol. The number of likely N-dealkylation sites (tertiary alicyclic amines) is 2. The minimum absolute atomic E-state index is 0.0416. The van der Waals surface area contributed by atoms with E-state index >= 15 is 0 Å². The molecule has 2 unspecified atom stereocenters. The number of nitrogens with one attached hydrogen (secondary N) is 4. The number of imidazole rings is 2. The van der Waals surface area contributed by atoms with Crippen molar-refractivity contribution in [3.05, 3.63) is 114 Å². The number of amides is 3. The fourth-order valence-corrected chi connectivity index (χ4v) is 10.2. The lowest BCUT2D eigenvalue weighted by Crippen LogP contribution is -2.54. The van der Waals surface area contributed by atoms with Gasteiger partial charge in [-0.2, -0.15) is 0 Å². The molecule has 3 aromatic carbocycles. The SMILES string of the molecule is COCN[C@H](C(=O)N1CCC[C@H]1c1nc(-c2ccc(C3CCC(c4ccc(-c5c[nH]c([C@@H]6CCCN6C(=O)[C@@H](NC(=O)OC)C(C)(C)C)n5)cc4)N3c3ccc(F)cc3)cc2)c[nH]1)C(C)(C)C. The Kier molecular flexibility index (Phi) is 13.9. The smallest absolute Gasteiger partial charge is 0.407 e. The summed E-state index contributed by atoms with van der Waals surface area (Å²) in [7, 11) is 2.91. The van der Waals surface area contributed by atoms with Crippen molar-refractivity contribution in [1.29, 1.82) is 0 Å². The second-order valence-electron chi connectivity index (χ2n) is 20.3. The number of benzene rings is 3. The number of nitrogens with zero attached hydrogens (tertiary/aromatic N) is 5. The largest absolute Gasteiger partial charge is 0.453 e. The molecule has 5 aromatic rings. The second kappa shape index (κ2) is 19.7. The Labute approximate surface area is 393 Å². The normalized spacial score (nSPS) is 20.9. The van der Waals surface area contributed by atoms with Gasteiger partial charge in [-0.15, -0.1) is 0 Å². The van der Waals surface area contributed by atoms with E-state index in [0.29, 0.717) is 25.6 Å². The molecule has 0 spiro atoms. The summed E-state index contributed by atoms with van der Waals surface area (Å²) in [5.74, 6) is 1.12. The van der Waals surface area contributed by atoms with E-state index in [0.717, 1.165) is 83.7 Å². The zero-order valence-corrected chi connectivity index (χ0v) is 40.1. The summed E-state index contributed by atoms with van der Waals surface area (Å²) < 4.78 is 24.4. The fourth-order valence-electron chi connectivity index (χ4n) is 10.2. The van der Waals surface area contributed by atoms with E-state index in [4.69, 9.17) is 19.4 Å². The number of ether oxygens (including phenoxy) is 2. The molecular weight excluding hydrogens is 850 g/mol. The van der Waals surface area contributed by atoms with E-state index in [1.165, 1.54) is 19.2 Å². The molecule has 0 aliphatic carbocycles. The van der Waals surface area contributed by atoms with Gasteiger partial charge in [0, 0.05) is 49.4 Å². The number of aromatic nitrogens is 4. The van der Waals surface area contributed by atoms with Crippen LogP contribution in [0.3, 0.4) is 0 Å². The third-order valence-corrected chi connectivity index (χ3v) is 13.7. The monoisotopic (exact) mass is 916 g/mol. The average Bonchev–Trinajstić information content (AvgIpc) is 4.17. The third-order valence-electron chi connectivity index (χ3n) is 13.7. The van der Waals surface area contributed by atoms with Gasteiger partial charge in [-0.25, -0.2) is 19.2 Å². The lowest BCUT2D eigenvalue weighted by Gasteiger charge is -2.35. The summed E-state index contributed by atoms with van der Waals surface area (Å²) in [6.45, 7) is 13.5. The van der Waals surface area contributed by atoms with Crippen LogP contribution < -0.4 is 15.5 Å². The van der Waals surface area contributed by atoms with E-state index in [1.54, 1.807) is 7.11 Å². The van der Waals surface area contributed by atoms with Gasteiger partial charge in [0.1, 0.15) is 23.5 Å². The number of halogens is 1. The number of anilines is 1. The molecule has 14 nitrogen and oxygen atoms in total. The van der Waals surface area contributed by atoms with Crippen LogP contribution in [-0.2, 0) is 19.1 Å². The van der Waals surface area contributed by atoms with Crippen molar-refractivity contribution in [3.8, 4) is 22.5 Å². The molecule has 3 aliphatic heterocycles. The van der Waals surface area contributed by atoms with Crippen LogP contribution in [0.5, 0.6) is 0 Å². The molecular formula is C52H66FN9O5. The molecule has 0 radical (unpaired) electrons. The molecule has 6 atom stereocenters. The highest BCUT2D eigenvalue weighted by molar-refractivity contribution is 5.87. The zero-order valence-electron chi connectivity index (χ0n) is 40.1. The summed E-state index contributed by atoms with van der Waals surface area (Å²) in [4.78, 5) is 63.0. The maximum absolute atomic E-state index is 14.3. The van der Waals surface area contributed by atoms with Crippen LogP contribution in [0.25, 0.3) is 22.5 Å². The standard InChI is InChI=1S/C52H66FN9O5/c1-51(2,3)44(56-31-66-7)48(63)60-27-9-11-42(60)46-54-29-38(57-46)32-13-17-34(18-14-32)40-25-26-41(62(40)37-23-21-36(53)22-24-37)35-19-15-33(16-20-35)39-30-55-47(58-39)43-12-10-28-61(43)49(64)45(52(4,5)6)59-50(65)67-8/h13-24,29-30,40-45,56H,9-12,25-28,31H2,1-8H3,(H,54,57)(H,55,58)(H,59,65)/t40?,41?,42-,43-,44+,45+/m0/s1. The molecule has 15 heteroatoms. The van der Waals surface area contributed by atoms with Crippen molar-refractivity contribution in [2.75, 3.05) is 38.9 Å². The Morgan fingerprint density at radius 1 is 0.672 bits per heavy atom. The van der Waals surface area contributed by atoms with Gasteiger partial charge in [0.15, 0.2) is 0 Å². The van der Waals surface area contributed by atoms with E-state index in [-0.39, 0.29) is 47.2 Å². The Bertz CT molecular complexity index is 2490. The van der Waals surface area contributed by atoms with Gasteiger partial charge in [-0.05, 0) is 84.7 Å². The Hall–Kier alpha value is -6.06. The molecule has 0 saturated carbocycles. The number of carbonyl (C=O) groups is 3. The number of H-pyrrole nitrogens is 2. The highest BCUT2D eigenvalue weighted by Gasteiger charge is 2.43. The van der Waals surface area contributed by atoms with Crippen LogP contribution in [0, 0.1) is 16.6 Å². The summed E-state index contributed by atoms with van der Waals surface area (Å²) in [6, 6.07) is 22.4. The van der Waals surface area contributed by atoms with E-state index in [1.807, 2.05) is 55.1 Å². The van der Waals surface area contributed by atoms with Crippen molar-refractivity contribution in [2.45, 2.75) is 116 Å². The number of carbonyl (C=O) groups excluding carboxylic acids is 3. The van der Waals surface area contributed by atoms with Crippen LogP contribution in [0.2, 0.25) is 0 Å². The fraction of sp³-hybridized carbons (Fsp3) is 0.481. The minimum Gasteiger partial charge on any atom is -0.453 e. The van der Waals surface area contributed by atoms with Crippen molar-refractivity contribution in [2.24, 2.45) is 10.8 Å². The molecule has 4 N–H and O–H groups in total. The number of rotatable bonds is 13. The lowest BCUT2D eigenvalue weighted by molar-refractivity contribution is -0.138. The average molecular weight is 916 g/mol. The van der Waals surface area contributed by atoms with E-state index < -0.39 is 23.6 Å². The predicted octanol–water partition coefficient (Wildman–Crippen LogP) is 9.39. The number of methoxy groups -OCH3 is 2. The highest BCUT2D eigenvalue weighted by atomic mass is 19.1. The molecule has 5 heterocycles. The Morgan fingerprint density at radius 2 is 1.13 bits per heavy atom. The highest BCUT2D eigenvalue weighted by Crippen LogP contribution is 2.47. The molecule has 2 aromatic heterocycles. The molecule has 67 heavy (non-hydrogen) atoms. The summed E-state index contributed by atoms with van der Waals surface area (Å²) >= 11 is 0. The topological polar surface area (TPSA) is 161 Å². The molecule has 3 aliphatic rings. The summed E-state index contributed by atoms with van der Waals surface area (Å²) in [6.07, 6.45) is 8.33. The molecule has 3 saturated heterocycles. The first-order valence-electron chi connectivity index (χ1n) is 23.6. The summed E-state index contributed by atoms with van der Waals surface area (Å²) in [5, 5.41) is 6.04. The molecule has 8 rings (SSSR count). The van der Waals surface area contributed by atoms with Gasteiger partial charge in [-0.3, -0.25) is 14.9 Å². The zero-order chi connectivity index (χ0) is 47.6. The third kappa shape index (κ3) is 10.1. The lowest BCUT2D eigenvalue weighted by atomic mass is 9.85. The summed E-state index contributed by atoms with van der Waals surface area (Å²) in [5.41, 5.74) is 5.96. The molecule has 3 fully saturated rings. The van der Waals surface area contributed by atoms with Crippen molar-refractivity contribution < 1.29 is 28.2 Å². The van der Waals surface area contributed by atoms with Crippen molar-refractivity contribution >= 4 is 23.6 Å². The van der Waals surface area contributed by atoms with E-state index in [9.17, 15) is 18.8 Å². The van der Waals surface area contributed by atoms with Gasteiger partial charge in [0.05, 0.1) is 55.4 Å². The van der Waals surface area contributed by atoms with Crippen LogP contribution in [-0.4, -0.2) is 93.8 Å². The quantitative estimate of drug-likeness (QED) is 0.0844. The first-order chi connectivity index (χ1) is 32.0. The second-order valence-corrected chi connectivity index (χ2v) is 20.3. The Balaban J connectivity index is 0.978.